The normalized spacial score (nSPS) is 17.0. The number of halogens is 9. The Kier molecular flexibility index (Phi) is 16.1. The number of carboxylic acid groups (broad SMARTS) is 3. The number of aryl methyl sites for hydroxylation is 1. The highest BCUT2D eigenvalue weighted by molar-refractivity contribution is 5.73. The first-order valence-corrected chi connectivity index (χ1v) is 13.3. The number of fused-ring (bicyclic) bond motifs is 1. The van der Waals surface area contributed by atoms with Crippen LogP contribution in [0.5, 0.6) is 0 Å². The minimum absolute atomic E-state index is 0.368. The van der Waals surface area contributed by atoms with Crippen LogP contribution in [0.25, 0.3) is 0 Å². The summed E-state index contributed by atoms with van der Waals surface area (Å²) < 4.78 is 109. The van der Waals surface area contributed by atoms with Gasteiger partial charge in [0.2, 0.25) is 0 Å². The summed E-state index contributed by atoms with van der Waals surface area (Å²) in [5.74, 6) is -7.26. The molecule has 0 spiro atoms. The van der Waals surface area contributed by atoms with Crippen molar-refractivity contribution in [2.75, 3.05) is 33.0 Å². The third-order valence-electron chi connectivity index (χ3n) is 6.20. The van der Waals surface area contributed by atoms with E-state index in [-0.39, 0.29) is 0 Å². The molecular formula is C26H31F9N4O8. The highest BCUT2D eigenvalue weighted by atomic mass is 19.4. The number of nitrogens with zero attached hydrogens (tertiary/aromatic N) is 4. The van der Waals surface area contributed by atoms with Gasteiger partial charge in [-0.3, -0.25) is 9.88 Å². The predicted octanol–water partition coefficient (Wildman–Crippen LogP) is 4.26. The molecule has 0 bridgehead atoms. The van der Waals surface area contributed by atoms with Crippen LogP contribution in [0.4, 0.5) is 39.5 Å². The van der Waals surface area contributed by atoms with E-state index in [4.69, 9.17) is 39.2 Å². The lowest BCUT2D eigenvalue weighted by atomic mass is 9.98. The third kappa shape index (κ3) is 15.9. The molecule has 2 aliphatic rings. The minimum Gasteiger partial charge on any atom is -0.475 e. The van der Waals surface area contributed by atoms with Gasteiger partial charge in [0.1, 0.15) is 0 Å². The molecule has 0 saturated carbocycles. The van der Waals surface area contributed by atoms with E-state index in [1.165, 1.54) is 17.0 Å². The summed E-state index contributed by atoms with van der Waals surface area (Å²) in [5.41, 5.74) is 3.82. The number of rotatable bonds is 6. The number of hydrogen-bond acceptors (Lipinski definition) is 8. The van der Waals surface area contributed by atoms with Gasteiger partial charge in [0.15, 0.2) is 0 Å². The topological polar surface area (TPSA) is 164 Å². The van der Waals surface area contributed by atoms with E-state index >= 15 is 0 Å². The summed E-state index contributed by atoms with van der Waals surface area (Å²) in [6.45, 7) is 6.19. The Morgan fingerprint density at radius 3 is 1.79 bits per heavy atom. The van der Waals surface area contributed by atoms with E-state index in [0.717, 1.165) is 58.9 Å². The largest absolute Gasteiger partial charge is 0.490 e. The zero-order valence-corrected chi connectivity index (χ0v) is 24.5. The first kappa shape index (κ1) is 41.0. The van der Waals surface area contributed by atoms with Crippen LogP contribution in [0.15, 0.2) is 30.9 Å². The molecule has 4 rings (SSSR count). The second-order valence-corrected chi connectivity index (χ2v) is 9.91. The van der Waals surface area contributed by atoms with Crippen molar-refractivity contribution in [2.24, 2.45) is 13.0 Å². The summed E-state index contributed by atoms with van der Waals surface area (Å²) in [5, 5.41) is 21.4. The minimum atomic E-state index is -5.08. The van der Waals surface area contributed by atoms with Crippen molar-refractivity contribution < 1.29 is 78.7 Å². The van der Waals surface area contributed by atoms with E-state index in [2.05, 4.69) is 38.6 Å². The first-order chi connectivity index (χ1) is 21.6. The van der Waals surface area contributed by atoms with Crippen LogP contribution in [0.2, 0.25) is 0 Å². The number of alkyl halides is 9. The molecule has 0 aromatic carbocycles. The fraction of sp³-hybridized carbons (Fsp3) is 0.577. The van der Waals surface area contributed by atoms with Crippen molar-refractivity contribution in [1.82, 2.24) is 19.4 Å². The smallest absolute Gasteiger partial charge is 0.475 e. The fourth-order valence-corrected chi connectivity index (χ4v) is 4.10. The summed E-state index contributed by atoms with van der Waals surface area (Å²) in [6.07, 6.45) is -7.35. The van der Waals surface area contributed by atoms with Crippen molar-refractivity contribution in [3.8, 4) is 0 Å². The van der Waals surface area contributed by atoms with E-state index in [0.29, 0.717) is 11.8 Å². The molecule has 1 unspecified atom stereocenters. The fourth-order valence-electron chi connectivity index (χ4n) is 4.10. The van der Waals surface area contributed by atoms with Gasteiger partial charge in [0.25, 0.3) is 0 Å². The quantitative estimate of drug-likeness (QED) is 0.370. The third-order valence-corrected chi connectivity index (χ3v) is 6.20. The maximum Gasteiger partial charge on any atom is 0.490 e. The van der Waals surface area contributed by atoms with Crippen molar-refractivity contribution in [2.45, 2.75) is 50.4 Å². The maximum atomic E-state index is 10.6. The molecule has 1 atom stereocenters. The predicted molar refractivity (Wildman–Crippen MR) is 140 cm³/mol. The zero-order valence-electron chi connectivity index (χ0n) is 24.5. The highest BCUT2D eigenvalue weighted by Crippen LogP contribution is 2.29. The summed E-state index contributed by atoms with van der Waals surface area (Å²) in [6, 6.07) is 4.18. The van der Waals surface area contributed by atoms with Gasteiger partial charge in [0.05, 0.1) is 18.6 Å². The zero-order chi connectivity index (χ0) is 36.0. The first-order valence-electron chi connectivity index (χ1n) is 13.3. The Labute approximate surface area is 260 Å². The van der Waals surface area contributed by atoms with Gasteiger partial charge in [-0.2, -0.15) is 39.5 Å². The molecule has 2 aromatic rings. The van der Waals surface area contributed by atoms with E-state index in [1.54, 1.807) is 0 Å². The summed E-state index contributed by atoms with van der Waals surface area (Å²) in [4.78, 5) is 37.9. The van der Waals surface area contributed by atoms with Gasteiger partial charge in [-0.15, -0.1) is 0 Å². The lowest BCUT2D eigenvalue weighted by molar-refractivity contribution is -0.193. The molecule has 2 aromatic heterocycles. The Bertz CT molecular complexity index is 1210. The molecule has 47 heavy (non-hydrogen) atoms. The van der Waals surface area contributed by atoms with Gasteiger partial charge in [-0.1, -0.05) is 0 Å². The average Bonchev–Trinajstić information content (AvgIpc) is 3.34. The van der Waals surface area contributed by atoms with Crippen LogP contribution >= 0.6 is 0 Å². The van der Waals surface area contributed by atoms with Gasteiger partial charge in [-0.05, 0) is 36.5 Å². The number of carboxylic acids is 3. The number of aromatic nitrogens is 3. The summed E-state index contributed by atoms with van der Waals surface area (Å²) >= 11 is 0. The van der Waals surface area contributed by atoms with Crippen molar-refractivity contribution >= 4 is 17.9 Å². The Balaban J connectivity index is 0.000000430. The maximum absolute atomic E-state index is 10.6. The van der Waals surface area contributed by atoms with Gasteiger partial charge in [-0.25, -0.2) is 19.4 Å². The number of pyridine rings is 1. The molecule has 21 heteroatoms. The van der Waals surface area contributed by atoms with Gasteiger partial charge >= 0.3 is 36.4 Å². The second kappa shape index (κ2) is 18.4. The van der Waals surface area contributed by atoms with Crippen LogP contribution < -0.4 is 0 Å². The number of imidazole rings is 1. The molecule has 3 N–H and O–H groups in total. The molecule has 1 fully saturated rings. The number of ether oxygens (including phenoxy) is 2. The molecule has 12 nitrogen and oxygen atoms in total. The molecule has 2 aliphatic heterocycles. The summed E-state index contributed by atoms with van der Waals surface area (Å²) in [7, 11) is 2.09. The standard InChI is InChI=1S/C20H28N4O2.3C2HF3O2/c1-23-15-22-19-12-24(10-16-2-6-21-7-3-16)11-18(20(19)23)14-26-13-17-4-8-25-9-5-17;3*3-2(4,5)1(6)7/h2-3,6-7,15,17-18H,4-5,8-14H2,1H3;3*(H,6,7). The van der Waals surface area contributed by atoms with E-state index in [9.17, 15) is 39.5 Å². The molecule has 1 saturated heterocycles. The molecule has 4 heterocycles. The SMILES string of the molecule is Cn1cnc2c1C(COCC1CCOCC1)CN(Cc1ccncc1)C2.O=C(O)C(F)(F)F.O=C(O)C(F)(F)F.O=C(O)C(F)(F)F. The van der Waals surface area contributed by atoms with E-state index in [1.807, 2.05) is 18.7 Å². The van der Waals surface area contributed by atoms with Crippen molar-refractivity contribution in [3.05, 3.63) is 47.8 Å². The Hall–Kier alpha value is -3.98. The van der Waals surface area contributed by atoms with Crippen molar-refractivity contribution in [3.63, 3.8) is 0 Å². The number of hydrogen-bond donors (Lipinski definition) is 3. The van der Waals surface area contributed by atoms with Gasteiger partial charge < -0.3 is 29.4 Å². The molecule has 0 amide bonds. The van der Waals surface area contributed by atoms with Crippen LogP contribution in [-0.4, -0.2) is 104 Å². The molecule has 0 radical (unpaired) electrons. The lowest BCUT2D eigenvalue weighted by Crippen LogP contribution is -2.36. The average molecular weight is 699 g/mol. The number of aliphatic carboxylic acids is 3. The van der Waals surface area contributed by atoms with Gasteiger partial charge in [0, 0.05) is 70.5 Å². The Morgan fingerprint density at radius 1 is 0.872 bits per heavy atom. The monoisotopic (exact) mass is 698 g/mol. The Morgan fingerprint density at radius 2 is 1.34 bits per heavy atom. The van der Waals surface area contributed by atoms with Crippen molar-refractivity contribution in [1.29, 1.82) is 0 Å². The molecule has 0 aliphatic carbocycles. The lowest BCUT2D eigenvalue weighted by Gasteiger charge is -2.33. The highest BCUT2D eigenvalue weighted by Gasteiger charge is 2.39. The molecule has 266 valence electrons. The van der Waals surface area contributed by atoms with Crippen LogP contribution in [0.3, 0.4) is 0 Å². The van der Waals surface area contributed by atoms with Crippen LogP contribution in [0.1, 0.15) is 35.7 Å². The van der Waals surface area contributed by atoms with E-state index < -0.39 is 36.4 Å². The van der Waals surface area contributed by atoms with Crippen LogP contribution in [0, 0.1) is 5.92 Å². The second-order valence-electron chi connectivity index (χ2n) is 9.91. The number of carbonyl (C=O) groups is 3. The van der Waals surface area contributed by atoms with Crippen LogP contribution in [-0.2, 0) is 44.0 Å². The molecular weight excluding hydrogens is 667 g/mol.